The van der Waals surface area contributed by atoms with Crippen molar-refractivity contribution >= 4 is 60.8 Å². The lowest BCUT2D eigenvalue weighted by atomic mass is 9.91. The zero-order valence-corrected chi connectivity index (χ0v) is 33.3. The normalized spacial score (nSPS) is 12.7. The summed E-state index contributed by atoms with van der Waals surface area (Å²) in [6.45, 7) is 17.6. The summed E-state index contributed by atoms with van der Waals surface area (Å²) in [6, 6.07) is 57.1. The van der Waals surface area contributed by atoms with E-state index in [4.69, 9.17) is 0 Å². The van der Waals surface area contributed by atoms with Crippen molar-refractivity contribution in [3.63, 3.8) is 0 Å². The zero-order chi connectivity index (χ0) is 38.1. The molecule has 0 heterocycles. The first-order chi connectivity index (χ1) is 26.9. The molecule has 0 aliphatic carbocycles. The standard InChI is InChI=1S/C52H53N3/c1-7-53(8-2)47-18-12-16-43(34-47)36(5)38-22-28-45(29-23-38)55(50-33-27-42-21-20-40-14-11-15-41-26-32-49(50)52(42)51(40)41)46-30-24-39(25-31-46)37(6)44-17-13-19-48(35-44)54(9-3)10-4/h11-37H,7-10H2,1-6H3. The molecule has 3 heteroatoms. The highest BCUT2D eigenvalue weighted by Gasteiger charge is 2.20. The van der Waals surface area contributed by atoms with Crippen molar-refractivity contribution in [2.45, 2.75) is 53.4 Å². The van der Waals surface area contributed by atoms with E-state index in [1.54, 1.807) is 0 Å². The van der Waals surface area contributed by atoms with Gasteiger partial charge >= 0.3 is 0 Å². The Morgan fingerprint density at radius 3 is 1.27 bits per heavy atom. The van der Waals surface area contributed by atoms with Gasteiger partial charge in [-0.25, -0.2) is 0 Å². The van der Waals surface area contributed by atoms with Crippen LogP contribution in [-0.4, -0.2) is 26.2 Å². The molecule has 0 saturated heterocycles. The molecule has 8 rings (SSSR count). The summed E-state index contributed by atoms with van der Waals surface area (Å²) in [4.78, 5) is 7.29. The van der Waals surface area contributed by atoms with E-state index in [1.807, 2.05) is 0 Å². The van der Waals surface area contributed by atoms with Crippen molar-refractivity contribution in [3.8, 4) is 0 Å². The lowest BCUT2D eigenvalue weighted by Crippen LogP contribution is -2.21. The maximum Gasteiger partial charge on any atom is 0.0540 e. The highest BCUT2D eigenvalue weighted by atomic mass is 15.1. The molecule has 0 amide bonds. The zero-order valence-electron chi connectivity index (χ0n) is 33.3. The summed E-state index contributed by atoms with van der Waals surface area (Å²) in [5, 5.41) is 7.77. The second kappa shape index (κ2) is 15.5. The third kappa shape index (κ3) is 6.78. The summed E-state index contributed by atoms with van der Waals surface area (Å²) in [5.41, 5.74) is 11.4. The molecule has 3 nitrogen and oxygen atoms in total. The van der Waals surface area contributed by atoms with E-state index in [1.165, 1.54) is 71.6 Å². The van der Waals surface area contributed by atoms with Crippen LogP contribution in [-0.2, 0) is 0 Å². The van der Waals surface area contributed by atoms with Gasteiger partial charge in [-0.05, 0) is 131 Å². The Morgan fingerprint density at radius 1 is 0.382 bits per heavy atom. The van der Waals surface area contributed by atoms with Crippen molar-refractivity contribution in [1.82, 2.24) is 0 Å². The number of hydrogen-bond acceptors (Lipinski definition) is 3. The highest BCUT2D eigenvalue weighted by Crippen LogP contribution is 2.44. The summed E-state index contributed by atoms with van der Waals surface area (Å²) in [6.07, 6.45) is 0. The van der Waals surface area contributed by atoms with E-state index in [0.717, 1.165) is 37.6 Å². The van der Waals surface area contributed by atoms with Crippen molar-refractivity contribution in [2.75, 3.05) is 40.9 Å². The molecule has 2 atom stereocenters. The summed E-state index contributed by atoms with van der Waals surface area (Å²) >= 11 is 0. The molecule has 55 heavy (non-hydrogen) atoms. The molecule has 276 valence electrons. The maximum absolute atomic E-state index is 2.46. The van der Waals surface area contributed by atoms with Gasteiger partial charge in [0.15, 0.2) is 0 Å². The molecule has 0 fully saturated rings. The largest absolute Gasteiger partial charge is 0.372 e. The minimum Gasteiger partial charge on any atom is -0.372 e. The minimum absolute atomic E-state index is 0.272. The van der Waals surface area contributed by atoms with Crippen LogP contribution in [0.5, 0.6) is 0 Å². The molecule has 2 unspecified atom stereocenters. The van der Waals surface area contributed by atoms with Gasteiger partial charge in [-0.15, -0.1) is 0 Å². The second-order valence-corrected chi connectivity index (χ2v) is 14.9. The lowest BCUT2D eigenvalue weighted by Gasteiger charge is -2.29. The van der Waals surface area contributed by atoms with Crippen molar-refractivity contribution in [1.29, 1.82) is 0 Å². The fourth-order valence-electron chi connectivity index (χ4n) is 8.71. The van der Waals surface area contributed by atoms with Gasteiger partial charge in [-0.3, -0.25) is 0 Å². The molecule has 0 spiro atoms. The molecular formula is C52H53N3. The van der Waals surface area contributed by atoms with Crippen LogP contribution < -0.4 is 14.7 Å². The first kappa shape index (κ1) is 36.2. The van der Waals surface area contributed by atoms with Gasteiger partial charge in [0.05, 0.1) is 5.69 Å². The second-order valence-electron chi connectivity index (χ2n) is 14.9. The molecule has 8 aromatic carbocycles. The van der Waals surface area contributed by atoms with Gasteiger partial charge in [0.1, 0.15) is 0 Å². The molecule has 0 aromatic heterocycles. The summed E-state index contributed by atoms with van der Waals surface area (Å²) in [7, 11) is 0. The Hall–Kier alpha value is -5.80. The number of anilines is 5. The van der Waals surface area contributed by atoms with E-state index < -0.39 is 0 Å². The number of nitrogens with zero attached hydrogens (tertiary/aromatic N) is 3. The predicted molar refractivity (Wildman–Crippen MR) is 240 cm³/mol. The Balaban J connectivity index is 1.20. The quantitative estimate of drug-likeness (QED) is 0.110. The van der Waals surface area contributed by atoms with Crippen LogP contribution in [0, 0.1) is 0 Å². The van der Waals surface area contributed by atoms with Crippen LogP contribution in [0.4, 0.5) is 28.4 Å². The van der Waals surface area contributed by atoms with Crippen LogP contribution in [0.2, 0.25) is 0 Å². The molecule has 0 aliphatic rings. The van der Waals surface area contributed by atoms with E-state index in [9.17, 15) is 0 Å². The lowest BCUT2D eigenvalue weighted by molar-refractivity contribution is 0.858. The van der Waals surface area contributed by atoms with Crippen LogP contribution in [0.3, 0.4) is 0 Å². The number of benzene rings is 8. The molecule has 0 radical (unpaired) electrons. The van der Waals surface area contributed by atoms with Crippen molar-refractivity contribution in [3.05, 3.63) is 174 Å². The molecular weight excluding hydrogens is 667 g/mol. The third-order valence-corrected chi connectivity index (χ3v) is 12.0. The Bertz CT molecular complexity index is 2410. The van der Waals surface area contributed by atoms with Crippen LogP contribution in [0.1, 0.15) is 75.6 Å². The fourth-order valence-corrected chi connectivity index (χ4v) is 8.71. The molecule has 0 bridgehead atoms. The Kier molecular flexibility index (Phi) is 10.2. The number of hydrogen-bond donors (Lipinski definition) is 0. The van der Waals surface area contributed by atoms with Crippen molar-refractivity contribution < 1.29 is 0 Å². The first-order valence-electron chi connectivity index (χ1n) is 20.3. The Labute approximate surface area is 327 Å². The van der Waals surface area contributed by atoms with Crippen molar-refractivity contribution in [2.24, 2.45) is 0 Å². The highest BCUT2D eigenvalue weighted by molar-refractivity contribution is 6.25. The summed E-state index contributed by atoms with van der Waals surface area (Å²) < 4.78 is 0. The molecule has 0 saturated carbocycles. The predicted octanol–water partition coefficient (Wildman–Crippen LogP) is 14.0. The van der Waals surface area contributed by atoms with Crippen LogP contribution in [0.25, 0.3) is 32.3 Å². The van der Waals surface area contributed by atoms with Gasteiger partial charge in [0.25, 0.3) is 0 Å². The van der Waals surface area contributed by atoms with E-state index in [-0.39, 0.29) is 11.8 Å². The molecule has 8 aromatic rings. The topological polar surface area (TPSA) is 9.72 Å². The van der Waals surface area contributed by atoms with E-state index >= 15 is 0 Å². The minimum atomic E-state index is 0.272. The van der Waals surface area contributed by atoms with Gasteiger partial charge in [0, 0.05) is 66.2 Å². The maximum atomic E-state index is 2.46. The van der Waals surface area contributed by atoms with Gasteiger partial charge in [-0.2, -0.15) is 0 Å². The summed E-state index contributed by atoms with van der Waals surface area (Å²) in [5.74, 6) is 0.544. The average Bonchev–Trinajstić information content (AvgIpc) is 3.24. The first-order valence-corrected chi connectivity index (χ1v) is 20.3. The van der Waals surface area contributed by atoms with E-state index in [2.05, 4.69) is 208 Å². The van der Waals surface area contributed by atoms with Gasteiger partial charge in [0.2, 0.25) is 0 Å². The van der Waals surface area contributed by atoms with Crippen LogP contribution >= 0.6 is 0 Å². The smallest absolute Gasteiger partial charge is 0.0540 e. The fraction of sp³-hybridized carbons (Fsp3) is 0.231. The molecule has 0 aliphatic heterocycles. The van der Waals surface area contributed by atoms with Gasteiger partial charge in [-0.1, -0.05) is 111 Å². The number of rotatable bonds is 13. The van der Waals surface area contributed by atoms with Gasteiger partial charge < -0.3 is 14.7 Å². The van der Waals surface area contributed by atoms with E-state index in [0.29, 0.717) is 0 Å². The SMILES string of the molecule is CCN(CC)c1cccc(C(C)c2ccc(N(c3ccc(C(C)c4cccc(N(CC)CC)c4)cc3)c3ccc4ccc5cccc6ccc3c4c56)cc2)c1. The Morgan fingerprint density at radius 2 is 0.800 bits per heavy atom. The average molecular weight is 720 g/mol. The van der Waals surface area contributed by atoms with Crippen LogP contribution in [0.15, 0.2) is 152 Å². The molecule has 0 N–H and O–H groups in total. The monoisotopic (exact) mass is 719 g/mol. The third-order valence-electron chi connectivity index (χ3n) is 12.0.